The summed E-state index contributed by atoms with van der Waals surface area (Å²) in [6.07, 6.45) is 30.1. The van der Waals surface area contributed by atoms with E-state index in [1.54, 1.807) is 0 Å². The molecule has 6 N–H and O–H groups in total. The summed E-state index contributed by atoms with van der Waals surface area (Å²) in [5.74, 6) is 3.71. The molecule has 0 spiro atoms. The maximum absolute atomic E-state index is 5.64. The van der Waals surface area contributed by atoms with E-state index >= 15 is 0 Å². The summed E-state index contributed by atoms with van der Waals surface area (Å²) in [5.41, 5.74) is 14.1. The van der Waals surface area contributed by atoms with E-state index in [4.69, 9.17) is 11.5 Å². The van der Waals surface area contributed by atoms with Crippen LogP contribution in [0.5, 0.6) is 0 Å². The maximum Gasteiger partial charge on any atom is 0.0253 e. The second-order valence-electron chi connectivity index (χ2n) is 15.4. The van der Waals surface area contributed by atoms with Crippen LogP contribution in [0.1, 0.15) is 149 Å². The van der Waals surface area contributed by atoms with E-state index in [1.807, 2.05) is 5.57 Å². The average Bonchev–Trinajstić information content (AvgIpc) is 3.33. The standard InChI is InChI=1S/C37H70N4/c1-29(40-26-14-10-6-4-8-12-24-38)33-18-19-34-32-17-16-30-28-31(41-27-15-11-7-5-9-13-25-39)20-22-36(30,2)35(32)21-23-37(33,34)3/h28-29,31-35,40-41H,4-27,38-39H2,1-3H3/t29-,31+,32+,33-,34+,35+,36+,37-/m1/s1. The van der Waals surface area contributed by atoms with E-state index in [0.717, 1.165) is 36.8 Å². The van der Waals surface area contributed by atoms with Gasteiger partial charge in [-0.25, -0.2) is 0 Å². The molecular formula is C37H70N4. The van der Waals surface area contributed by atoms with Crippen molar-refractivity contribution in [1.29, 1.82) is 0 Å². The molecule has 4 heteroatoms. The van der Waals surface area contributed by atoms with Crippen LogP contribution in [0.25, 0.3) is 0 Å². The third kappa shape index (κ3) is 8.40. The number of hydrogen-bond acceptors (Lipinski definition) is 4. The van der Waals surface area contributed by atoms with Crippen molar-refractivity contribution in [3.63, 3.8) is 0 Å². The molecule has 3 saturated carbocycles. The smallest absolute Gasteiger partial charge is 0.0253 e. The third-order valence-corrected chi connectivity index (χ3v) is 12.9. The van der Waals surface area contributed by atoms with Crippen LogP contribution < -0.4 is 22.1 Å². The van der Waals surface area contributed by atoms with Gasteiger partial charge in [0.05, 0.1) is 0 Å². The Morgan fingerprint density at radius 1 is 0.732 bits per heavy atom. The molecule has 0 aromatic heterocycles. The Bertz CT molecular complexity index is 781. The molecule has 0 bridgehead atoms. The SMILES string of the molecule is C[C@@H](NCCCCCCCCN)[C@H]1CC[C@H]2[C@@H]3CCC4=C[C@@H](NCCCCCCCCN)CC[C@]4(C)[C@H]3CC[C@]12C. The zero-order valence-corrected chi connectivity index (χ0v) is 27.7. The normalized spacial score (nSPS) is 35.4. The fourth-order valence-electron chi connectivity index (χ4n) is 10.5. The van der Waals surface area contributed by atoms with Crippen LogP contribution in [-0.4, -0.2) is 38.3 Å². The zero-order valence-electron chi connectivity index (χ0n) is 27.7. The number of rotatable bonds is 19. The van der Waals surface area contributed by atoms with Gasteiger partial charge in [0.15, 0.2) is 0 Å². The molecule has 8 atom stereocenters. The summed E-state index contributed by atoms with van der Waals surface area (Å²) in [5, 5.41) is 7.94. The molecule has 0 aromatic carbocycles. The number of fused-ring (bicyclic) bond motifs is 5. The second-order valence-corrected chi connectivity index (χ2v) is 15.4. The third-order valence-electron chi connectivity index (χ3n) is 12.9. The largest absolute Gasteiger partial charge is 0.330 e. The molecule has 0 heterocycles. The van der Waals surface area contributed by atoms with Gasteiger partial charge in [0, 0.05) is 12.1 Å². The first-order valence-electron chi connectivity index (χ1n) is 18.5. The number of nitrogens with one attached hydrogen (secondary N) is 2. The van der Waals surface area contributed by atoms with Crippen LogP contribution in [0.4, 0.5) is 0 Å². The molecule has 0 radical (unpaired) electrons. The highest BCUT2D eigenvalue weighted by atomic mass is 14.9. The Hall–Kier alpha value is -0.420. The van der Waals surface area contributed by atoms with Crippen LogP contribution in [0, 0.1) is 34.5 Å². The lowest BCUT2D eigenvalue weighted by atomic mass is 9.46. The summed E-state index contributed by atoms with van der Waals surface area (Å²) in [6.45, 7) is 12.0. The molecule has 0 amide bonds. The van der Waals surface area contributed by atoms with Crippen LogP contribution in [0.3, 0.4) is 0 Å². The van der Waals surface area contributed by atoms with Gasteiger partial charge in [0.1, 0.15) is 0 Å². The van der Waals surface area contributed by atoms with Crippen molar-refractivity contribution >= 4 is 0 Å². The minimum Gasteiger partial charge on any atom is -0.330 e. The Morgan fingerprint density at radius 3 is 2.05 bits per heavy atom. The van der Waals surface area contributed by atoms with Crippen LogP contribution in [0.2, 0.25) is 0 Å². The fraction of sp³-hybridized carbons (Fsp3) is 0.946. The second kappa shape index (κ2) is 16.6. The van der Waals surface area contributed by atoms with Crippen molar-refractivity contribution in [1.82, 2.24) is 10.6 Å². The minimum absolute atomic E-state index is 0.470. The molecule has 4 aliphatic carbocycles. The van der Waals surface area contributed by atoms with Gasteiger partial charge in [-0.15, -0.1) is 0 Å². The lowest BCUT2D eigenvalue weighted by Gasteiger charge is -2.59. The Morgan fingerprint density at radius 2 is 1.37 bits per heavy atom. The topological polar surface area (TPSA) is 76.1 Å². The van der Waals surface area contributed by atoms with Crippen molar-refractivity contribution in [3.05, 3.63) is 11.6 Å². The van der Waals surface area contributed by atoms with Gasteiger partial charge in [-0.3, -0.25) is 0 Å². The average molecular weight is 571 g/mol. The first kappa shape index (κ1) is 33.5. The fourth-order valence-corrected chi connectivity index (χ4v) is 10.5. The van der Waals surface area contributed by atoms with Crippen molar-refractivity contribution in [2.45, 2.75) is 161 Å². The molecular weight excluding hydrogens is 500 g/mol. The summed E-state index contributed by atoms with van der Waals surface area (Å²) in [6, 6.07) is 1.29. The molecule has 0 aliphatic heterocycles. The highest BCUT2D eigenvalue weighted by molar-refractivity contribution is 5.26. The minimum atomic E-state index is 0.470. The summed E-state index contributed by atoms with van der Waals surface area (Å²) in [7, 11) is 0. The highest BCUT2D eigenvalue weighted by Gasteiger charge is 2.59. The maximum atomic E-state index is 5.64. The summed E-state index contributed by atoms with van der Waals surface area (Å²) in [4.78, 5) is 0. The van der Waals surface area contributed by atoms with Gasteiger partial charge >= 0.3 is 0 Å². The zero-order chi connectivity index (χ0) is 29.1. The van der Waals surface area contributed by atoms with Gasteiger partial charge in [0.2, 0.25) is 0 Å². The van der Waals surface area contributed by atoms with Gasteiger partial charge in [0.25, 0.3) is 0 Å². The monoisotopic (exact) mass is 571 g/mol. The van der Waals surface area contributed by atoms with E-state index in [2.05, 4.69) is 37.5 Å². The van der Waals surface area contributed by atoms with E-state index in [-0.39, 0.29) is 0 Å². The predicted molar refractivity (Wildman–Crippen MR) is 178 cm³/mol. The van der Waals surface area contributed by atoms with E-state index < -0.39 is 0 Å². The van der Waals surface area contributed by atoms with E-state index in [9.17, 15) is 0 Å². The van der Waals surface area contributed by atoms with Crippen LogP contribution >= 0.6 is 0 Å². The first-order valence-corrected chi connectivity index (χ1v) is 18.5. The molecule has 0 saturated heterocycles. The molecule has 4 nitrogen and oxygen atoms in total. The summed E-state index contributed by atoms with van der Waals surface area (Å²) < 4.78 is 0. The van der Waals surface area contributed by atoms with E-state index in [0.29, 0.717) is 22.9 Å². The molecule has 4 aliphatic rings. The number of allylic oxidation sites excluding steroid dienone is 1. The van der Waals surface area contributed by atoms with Crippen LogP contribution in [-0.2, 0) is 0 Å². The lowest BCUT2D eigenvalue weighted by Crippen LogP contribution is -2.53. The molecule has 0 aromatic rings. The summed E-state index contributed by atoms with van der Waals surface area (Å²) >= 11 is 0. The van der Waals surface area contributed by atoms with Gasteiger partial charge in [-0.1, -0.05) is 76.9 Å². The molecule has 4 rings (SSSR count). The van der Waals surface area contributed by atoms with Crippen molar-refractivity contribution in [3.8, 4) is 0 Å². The molecule has 0 unspecified atom stereocenters. The molecule has 3 fully saturated rings. The predicted octanol–water partition coefficient (Wildman–Crippen LogP) is 8.10. The van der Waals surface area contributed by atoms with Gasteiger partial charge in [-0.05, 0) is 145 Å². The highest BCUT2D eigenvalue weighted by Crippen LogP contribution is 2.67. The Labute approximate surface area is 255 Å². The van der Waals surface area contributed by atoms with Crippen molar-refractivity contribution < 1.29 is 0 Å². The Balaban J connectivity index is 1.22. The first-order chi connectivity index (χ1) is 19.9. The van der Waals surface area contributed by atoms with Crippen molar-refractivity contribution in [2.24, 2.45) is 46.0 Å². The van der Waals surface area contributed by atoms with Gasteiger partial charge in [-0.2, -0.15) is 0 Å². The Kier molecular flexibility index (Phi) is 13.5. The molecule has 238 valence electrons. The van der Waals surface area contributed by atoms with Gasteiger partial charge < -0.3 is 22.1 Å². The number of nitrogens with two attached hydrogens (primary N) is 2. The lowest BCUT2D eigenvalue weighted by molar-refractivity contribution is -0.0560. The number of hydrogen-bond donors (Lipinski definition) is 4. The quantitative estimate of drug-likeness (QED) is 0.0935. The van der Waals surface area contributed by atoms with Crippen molar-refractivity contribution in [2.75, 3.05) is 26.2 Å². The molecule has 41 heavy (non-hydrogen) atoms. The van der Waals surface area contributed by atoms with E-state index in [1.165, 1.54) is 142 Å². The van der Waals surface area contributed by atoms with Crippen LogP contribution in [0.15, 0.2) is 11.6 Å². The number of unbranched alkanes of at least 4 members (excludes halogenated alkanes) is 10.